The van der Waals surface area contributed by atoms with Crippen LogP contribution in [-0.4, -0.2) is 44.7 Å². The van der Waals surface area contributed by atoms with Crippen molar-refractivity contribution in [2.24, 2.45) is 5.92 Å². The molecule has 0 aliphatic carbocycles. The van der Waals surface area contributed by atoms with Gasteiger partial charge in [-0.1, -0.05) is 23.5 Å². The summed E-state index contributed by atoms with van der Waals surface area (Å²) in [5, 5.41) is 4.16. The lowest BCUT2D eigenvalue weighted by atomic mass is 9.97. The van der Waals surface area contributed by atoms with Crippen LogP contribution in [0.2, 0.25) is 0 Å². The van der Waals surface area contributed by atoms with Gasteiger partial charge in [0.1, 0.15) is 0 Å². The SMILES string of the molecule is COc1ccc(C(=O)NCC2CCN(c3nc4ccccc4s3)CC2)cc1OC. The lowest BCUT2D eigenvalue weighted by molar-refractivity contribution is 0.0944. The predicted molar refractivity (Wildman–Crippen MR) is 116 cm³/mol. The number of aromatic nitrogens is 1. The second-order valence-electron chi connectivity index (χ2n) is 7.17. The molecule has 2 aromatic carbocycles. The first-order valence-electron chi connectivity index (χ1n) is 9.78. The number of methoxy groups -OCH3 is 2. The van der Waals surface area contributed by atoms with Crippen molar-refractivity contribution >= 4 is 32.6 Å². The molecule has 1 aliphatic rings. The van der Waals surface area contributed by atoms with E-state index in [1.165, 1.54) is 4.70 Å². The van der Waals surface area contributed by atoms with Gasteiger partial charge in [0.2, 0.25) is 0 Å². The summed E-state index contributed by atoms with van der Waals surface area (Å²) < 4.78 is 11.7. The number of anilines is 1. The molecule has 3 aromatic rings. The minimum absolute atomic E-state index is 0.0837. The monoisotopic (exact) mass is 411 g/mol. The Kier molecular flexibility index (Phi) is 5.85. The third-order valence-electron chi connectivity index (χ3n) is 5.36. The number of para-hydroxylation sites is 1. The minimum Gasteiger partial charge on any atom is -0.493 e. The van der Waals surface area contributed by atoms with E-state index >= 15 is 0 Å². The normalized spacial score (nSPS) is 14.8. The van der Waals surface area contributed by atoms with Gasteiger partial charge in [-0.25, -0.2) is 4.98 Å². The molecule has 152 valence electrons. The number of piperidine rings is 1. The molecule has 1 saturated heterocycles. The molecular weight excluding hydrogens is 386 g/mol. The summed E-state index contributed by atoms with van der Waals surface area (Å²) in [6.45, 7) is 2.62. The first-order chi connectivity index (χ1) is 14.2. The Bertz CT molecular complexity index is 963. The summed E-state index contributed by atoms with van der Waals surface area (Å²) in [5.74, 6) is 1.57. The van der Waals surface area contributed by atoms with Crippen LogP contribution in [0.25, 0.3) is 10.2 Å². The molecule has 2 heterocycles. The van der Waals surface area contributed by atoms with Gasteiger partial charge in [0, 0.05) is 25.2 Å². The molecule has 0 atom stereocenters. The van der Waals surface area contributed by atoms with Crippen LogP contribution in [0.3, 0.4) is 0 Å². The van der Waals surface area contributed by atoms with Crippen LogP contribution < -0.4 is 19.7 Å². The Morgan fingerprint density at radius 3 is 2.62 bits per heavy atom. The lowest BCUT2D eigenvalue weighted by Crippen LogP contribution is -2.38. The molecule has 7 heteroatoms. The number of hydrogen-bond acceptors (Lipinski definition) is 6. The maximum Gasteiger partial charge on any atom is 0.251 e. The van der Waals surface area contributed by atoms with Crippen LogP contribution >= 0.6 is 11.3 Å². The van der Waals surface area contributed by atoms with Gasteiger partial charge in [0.15, 0.2) is 16.6 Å². The molecule has 6 nitrogen and oxygen atoms in total. The highest BCUT2D eigenvalue weighted by Crippen LogP contribution is 2.31. The smallest absolute Gasteiger partial charge is 0.251 e. The van der Waals surface area contributed by atoms with E-state index in [0.29, 0.717) is 29.5 Å². The molecule has 1 aromatic heterocycles. The Hall–Kier alpha value is -2.80. The summed E-state index contributed by atoms with van der Waals surface area (Å²) >= 11 is 1.75. The average molecular weight is 412 g/mol. The second kappa shape index (κ2) is 8.69. The minimum atomic E-state index is -0.0837. The quantitative estimate of drug-likeness (QED) is 0.665. The highest BCUT2D eigenvalue weighted by atomic mass is 32.1. The third kappa shape index (κ3) is 4.29. The zero-order valence-corrected chi connectivity index (χ0v) is 17.5. The van der Waals surface area contributed by atoms with Gasteiger partial charge in [0.25, 0.3) is 5.91 Å². The zero-order valence-electron chi connectivity index (χ0n) is 16.7. The van der Waals surface area contributed by atoms with Gasteiger partial charge in [-0.2, -0.15) is 0 Å². The molecule has 1 fully saturated rings. The van der Waals surface area contributed by atoms with E-state index in [1.54, 1.807) is 43.8 Å². The van der Waals surface area contributed by atoms with Crippen LogP contribution in [0.15, 0.2) is 42.5 Å². The first kappa shape index (κ1) is 19.5. The van der Waals surface area contributed by atoms with E-state index in [4.69, 9.17) is 14.5 Å². The van der Waals surface area contributed by atoms with Crippen LogP contribution in [0.4, 0.5) is 5.13 Å². The molecule has 4 rings (SSSR count). The summed E-state index contributed by atoms with van der Waals surface area (Å²) in [7, 11) is 3.15. The highest BCUT2D eigenvalue weighted by molar-refractivity contribution is 7.22. The fourth-order valence-electron chi connectivity index (χ4n) is 3.64. The van der Waals surface area contributed by atoms with Crippen molar-refractivity contribution in [2.45, 2.75) is 12.8 Å². The topological polar surface area (TPSA) is 63.7 Å². The van der Waals surface area contributed by atoms with Gasteiger partial charge in [-0.05, 0) is 49.1 Å². The number of nitrogens with zero attached hydrogens (tertiary/aromatic N) is 2. The zero-order chi connectivity index (χ0) is 20.2. The Morgan fingerprint density at radius 2 is 1.90 bits per heavy atom. The van der Waals surface area contributed by atoms with E-state index in [2.05, 4.69) is 28.4 Å². The largest absolute Gasteiger partial charge is 0.493 e. The van der Waals surface area contributed by atoms with E-state index < -0.39 is 0 Å². The van der Waals surface area contributed by atoms with Crippen LogP contribution in [-0.2, 0) is 0 Å². The van der Waals surface area contributed by atoms with Gasteiger partial charge in [-0.15, -0.1) is 0 Å². The number of rotatable bonds is 6. The van der Waals surface area contributed by atoms with Crippen molar-refractivity contribution in [1.29, 1.82) is 0 Å². The summed E-state index contributed by atoms with van der Waals surface area (Å²) in [6.07, 6.45) is 2.09. The Labute approximate surface area is 174 Å². The van der Waals surface area contributed by atoms with Crippen LogP contribution in [0, 0.1) is 5.92 Å². The van der Waals surface area contributed by atoms with E-state index in [-0.39, 0.29) is 5.91 Å². The Morgan fingerprint density at radius 1 is 1.14 bits per heavy atom. The average Bonchev–Trinajstić information content (AvgIpc) is 3.21. The van der Waals surface area contributed by atoms with E-state index in [1.807, 2.05) is 6.07 Å². The number of carbonyl (C=O) groups is 1. The van der Waals surface area contributed by atoms with Gasteiger partial charge >= 0.3 is 0 Å². The fourth-order valence-corrected chi connectivity index (χ4v) is 4.66. The number of ether oxygens (including phenoxy) is 2. The molecule has 1 amide bonds. The number of nitrogens with one attached hydrogen (secondary N) is 1. The van der Waals surface area contributed by atoms with Gasteiger partial charge in [-0.3, -0.25) is 4.79 Å². The maximum absolute atomic E-state index is 12.5. The molecule has 0 radical (unpaired) electrons. The van der Waals surface area contributed by atoms with Crippen LogP contribution in [0.1, 0.15) is 23.2 Å². The van der Waals surface area contributed by atoms with Crippen molar-refractivity contribution in [3.05, 3.63) is 48.0 Å². The first-order valence-corrected chi connectivity index (χ1v) is 10.6. The molecular formula is C22H25N3O3S. The van der Waals surface area contributed by atoms with Crippen molar-refractivity contribution < 1.29 is 14.3 Å². The maximum atomic E-state index is 12.5. The van der Waals surface area contributed by atoms with Crippen LogP contribution in [0.5, 0.6) is 11.5 Å². The van der Waals surface area contributed by atoms with Gasteiger partial charge in [0.05, 0.1) is 24.4 Å². The lowest BCUT2D eigenvalue weighted by Gasteiger charge is -2.31. The van der Waals surface area contributed by atoms with Gasteiger partial charge < -0.3 is 19.7 Å². The van der Waals surface area contributed by atoms with Crippen molar-refractivity contribution in [3.63, 3.8) is 0 Å². The van der Waals surface area contributed by atoms with Crippen molar-refractivity contribution in [1.82, 2.24) is 10.3 Å². The van der Waals surface area contributed by atoms with E-state index in [9.17, 15) is 4.79 Å². The molecule has 1 aliphatic heterocycles. The van der Waals surface area contributed by atoms with Crippen molar-refractivity contribution in [3.8, 4) is 11.5 Å². The predicted octanol–water partition coefficient (Wildman–Crippen LogP) is 3.96. The van der Waals surface area contributed by atoms with E-state index in [0.717, 1.165) is 36.6 Å². The number of hydrogen-bond donors (Lipinski definition) is 1. The Balaban J connectivity index is 1.30. The number of carbonyl (C=O) groups excluding carboxylic acids is 1. The summed E-state index contributed by atoms with van der Waals surface area (Å²) in [5.41, 5.74) is 1.64. The molecule has 29 heavy (non-hydrogen) atoms. The summed E-state index contributed by atoms with van der Waals surface area (Å²) in [6, 6.07) is 13.5. The summed E-state index contributed by atoms with van der Waals surface area (Å²) in [4.78, 5) is 19.6. The number of amides is 1. The molecule has 1 N–H and O–H groups in total. The molecule has 0 unspecified atom stereocenters. The van der Waals surface area contributed by atoms with Crippen molar-refractivity contribution in [2.75, 3.05) is 38.8 Å². The highest BCUT2D eigenvalue weighted by Gasteiger charge is 2.22. The second-order valence-corrected chi connectivity index (χ2v) is 8.18. The number of fused-ring (bicyclic) bond motifs is 1. The molecule has 0 spiro atoms. The molecule has 0 saturated carbocycles. The molecule has 0 bridgehead atoms. The number of thiazole rings is 1. The fraction of sp³-hybridized carbons (Fsp3) is 0.364. The standard InChI is InChI=1S/C22H25N3O3S/c1-27-18-8-7-16(13-19(18)28-2)21(26)23-14-15-9-11-25(12-10-15)22-24-17-5-3-4-6-20(17)29-22/h3-8,13,15H,9-12,14H2,1-2H3,(H,23,26). The number of benzene rings is 2. The third-order valence-corrected chi connectivity index (χ3v) is 6.46.